The molecule has 1 N–H and O–H groups in total. The molecule has 0 bridgehead atoms. The number of halogens is 1. The number of fused-ring (bicyclic) bond motifs is 1. The molecule has 25 heavy (non-hydrogen) atoms. The monoisotopic (exact) mass is 339 g/mol. The fourth-order valence-corrected chi connectivity index (χ4v) is 2.87. The molecule has 0 fully saturated rings. The standard InChI is InChI=1S/C20H22FN3O/c1-3-4-13-22-14(2)19-23-18-8-6-5-7-17(18)20(25)24(19)16-11-9-15(21)10-12-16/h5-12,14,22H,3-4,13H2,1-2H3/t14-/m0/s1. The van der Waals surface area contributed by atoms with Crippen molar-refractivity contribution in [2.45, 2.75) is 32.7 Å². The highest BCUT2D eigenvalue weighted by atomic mass is 19.1. The largest absolute Gasteiger partial charge is 0.308 e. The molecule has 0 aliphatic heterocycles. The van der Waals surface area contributed by atoms with Gasteiger partial charge in [0, 0.05) is 0 Å². The van der Waals surface area contributed by atoms with Crippen LogP contribution in [0.2, 0.25) is 0 Å². The molecule has 4 nitrogen and oxygen atoms in total. The van der Waals surface area contributed by atoms with Crippen molar-refractivity contribution in [2.24, 2.45) is 0 Å². The first kappa shape index (κ1) is 17.3. The van der Waals surface area contributed by atoms with Gasteiger partial charge in [0.25, 0.3) is 5.56 Å². The molecule has 2 aromatic carbocycles. The van der Waals surface area contributed by atoms with Gasteiger partial charge in [0.2, 0.25) is 0 Å². The molecule has 0 saturated carbocycles. The van der Waals surface area contributed by atoms with E-state index in [4.69, 9.17) is 4.98 Å². The zero-order chi connectivity index (χ0) is 17.8. The molecule has 3 rings (SSSR count). The van der Waals surface area contributed by atoms with Gasteiger partial charge in [0.05, 0.1) is 22.6 Å². The highest BCUT2D eigenvalue weighted by molar-refractivity contribution is 5.77. The summed E-state index contributed by atoms with van der Waals surface area (Å²) >= 11 is 0. The molecular formula is C20H22FN3O. The number of unbranched alkanes of at least 4 members (excludes halogenated alkanes) is 1. The number of hydrogen-bond acceptors (Lipinski definition) is 3. The van der Waals surface area contributed by atoms with Crippen molar-refractivity contribution in [1.29, 1.82) is 0 Å². The van der Waals surface area contributed by atoms with Gasteiger partial charge in [0.1, 0.15) is 11.6 Å². The predicted octanol–water partition coefficient (Wildman–Crippen LogP) is 3.98. The smallest absolute Gasteiger partial charge is 0.266 e. The van der Waals surface area contributed by atoms with Gasteiger partial charge in [-0.15, -0.1) is 0 Å². The van der Waals surface area contributed by atoms with Crippen molar-refractivity contribution in [3.63, 3.8) is 0 Å². The lowest BCUT2D eigenvalue weighted by Crippen LogP contribution is -2.30. The summed E-state index contributed by atoms with van der Waals surface area (Å²) in [6.45, 7) is 4.98. The number of nitrogens with zero attached hydrogens (tertiary/aromatic N) is 2. The molecule has 130 valence electrons. The van der Waals surface area contributed by atoms with E-state index < -0.39 is 0 Å². The lowest BCUT2D eigenvalue weighted by molar-refractivity contribution is 0.520. The van der Waals surface area contributed by atoms with Gasteiger partial charge in [0.15, 0.2) is 0 Å². The van der Waals surface area contributed by atoms with E-state index in [1.54, 1.807) is 22.8 Å². The summed E-state index contributed by atoms with van der Waals surface area (Å²) in [7, 11) is 0. The van der Waals surface area contributed by atoms with Crippen LogP contribution in [0, 0.1) is 5.82 Å². The maximum atomic E-state index is 13.3. The minimum absolute atomic E-state index is 0.103. The molecule has 1 heterocycles. The number of benzene rings is 2. The third-order valence-corrected chi connectivity index (χ3v) is 4.25. The second-order valence-corrected chi connectivity index (χ2v) is 6.13. The van der Waals surface area contributed by atoms with Crippen molar-refractivity contribution in [2.75, 3.05) is 6.54 Å². The van der Waals surface area contributed by atoms with Gasteiger partial charge in [-0.1, -0.05) is 25.5 Å². The van der Waals surface area contributed by atoms with Crippen LogP contribution in [-0.2, 0) is 0 Å². The van der Waals surface area contributed by atoms with Crippen molar-refractivity contribution in [3.8, 4) is 5.69 Å². The summed E-state index contributed by atoms with van der Waals surface area (Å²) < 4.78 is 14.9. The topological polar surface area (TPSA) is 46.9 Å². The van der Waals surface area contributed by atoms with E-state index in [0.717, 1.165) is 19.4 Å². The molecule has 1 aromatic heterocycles. The Kier molecular flexibility index (Phi) is 5.24. The van der Waals surface area contributed by atoms with E-state index in [0.29, 0.717) is 22.4 Å². The fourth-order valence-electron chi connectivity index (χ4n) is 2.87. The Morgan fingerprint density at radius 3 is 2.60 bits per heavy atom. The van der Waals surface area contributed by atoms with Crippen LogP contribution in [0.1, 0.15) is 38.6 Å². The van der Waals surface area contributed by atoms with Gasteiger partial charge >= 0.3 is 0 Å². The number of rotatable bonds is 6. The number of nitrogens with one attached hydrogen (secondary N) is 1. The Morgan fingerprint density at radius 2 is 1.88 bits per heavy atom. The van der Waals surface area contributed by atoms with Crippen LogP contribution in [0.15, 0.2) is 53.3 Å². The van der Waals surface area contributed by atoms with Crippen LogP contribution < -0.4 is 10.9 Å². The van der Waals surface area contributed by atoms with E-state index >= 15 is 0 Å². The Bertz CT molecular complexity index is 918. The molecule has 0 aliphatic carbocycles. The normalized spacial score (nSPS) is 12.4. The molecule has 0 saturated heterocycles. The van der Waals surface area contributed by atoms with Gasteiger partial charge in [-0.3, -0.25) is 9.36 Å². The predicted molar refractivity (Wildman–Crippen MR) is 98.6 cm³/mol. The molecule has 5 heteroatoms. The molecule has 3 aromatic rings. The fraction of sp³-hybridized carbons (Fsp3) is 0.300. The molecule has 0 amide bonds. The first-order valence-electron chi connectivity index (χ1n) is 8.63. The first-order valence-corrected chi connectivity index (χ1v) is 8.63. The van der Waals surface area contributed by atoms with E-state index in [1.807, 2.05) is 25.1 Å². The second kappa shape index (κ2) is 7.57. The molecule has 0 unspecified atom stereocenters. The maximum absolute atomic E-state index is 13.3. The molecule has 0 radical (unpaired) electrons. The Balaban J connectivity index is 2.17. The number of hydrogen-bond donors (Lipinski definition) is 1. The van der Waals surface area contributed by atoms with Crippen LogP contribution in [0.5, 0.6) is 0 Å². The summed E-state index contributed by atoms with van der Waals surface area (Å²) in [4.78, 5) is 17.8. The lowest BCUT2D eigenvalue weighted by Gasteiger charge is -2.19. The summed E-state index contributed by atoms with van der Waals surface area (Å²) in [5.41, 5.74) is 1.14. The Hall–Kier alpha value is -2.53. The zero-order valence-electron chi connectivity index (χ0n) is 14.5. The highest BCUT2D eigenvalue weighted by Gasteiger charge is 2.17. The van der Waals surface area contributed by atoms with E-state index in [9.17, 15) is 9.18 Å². The van der Waals surface area contributed by atoms with Crippen LogP contribution >= 0.6 is 0 Å². The minimum Gasteiger partial charge on any atom is -0.308 e. The van der Waals surface area contributed by atoms with Crippen molar-refractivity contribution >= 4 is 10.9 Å². The summed E-state index contributed by atoms with van der Waals surface area (Å²) in [6.07, 6.45) is 2.15. The first-order chi connectivity index (χ1) is 12.1. The van der Waals surface area contributed by atoms with Crippen molar-refractivity contribution in [1.82, 2.24) is 14.9 Å². The Labute approximate surface area is 146 Å². The molecular weight excluding hydrogens is 317 g/mol. The van der Waals surface area contributed by atoms with Gasteiger partial charge in [-0.2, -0.15) is 0 Å². The molecule has 0 spiro atoms. The molecule has 0 aliphatic rings. The maximum Gasteiger partial charge on any atom is 0.266 e. The SMILES string of the molecule is CCCCN[C@@H](C)c1nc2ccccc2c(=O)n1-c1ccc(F)cc1. The van der Waals surface area contributed by atoms with E-state index in [1.165, 1.54) is 12.1 Å². The minimum atomic E-state index is -0.332. The third kappa shape index (κ3) is 3.61. The third-order valence-electron chi connectivity index (χ3n) is 4.25. The van der Waals surface area contributed by atoms with Crippen LogP contribution in [-0.4, -0.2) is 16.1 Å². The zero-order valence-corrected chi connectivity index (χ0v) is 14.5. The quantitative estimate of drug-likeness (QED) is 0.691. The summed E-state index contributed by atoms with van der Waals surface area (Å²) in [5, 5.41) is 3.97. The van der Waals surface area contributed by atoms with Crippen molar-refractivity contribution < 1.29 is 4.39 Å². The number of para-hydroxylation sites is 1. The molecule has 1 atom stereocenters. The summed E-state index contributed by atoms with van der Waals surface area (Å²) in [5.74, 6) is 0.299. The van der Waals surface area contributed by atoms with Gasteiger partial charge in [-0.05, 0) is 56.3 Å². The summed E-state index contributed by atoms with van der Waals surface area (Å²) in [6, 6.07) is 13.1. The van der Waals surface area contributed by atoms with Gasteiger partial charge in [-0.25, -0.2) is 9.37 Å². The van der Waals surface area contributed by atoms with E-state index in [2.05, 4.69) is 12.2 Å². The second-order valence-electron chi connectivity index (χ2n) is 6.13. The van der Waals surface area contributed by atoms with Crippen LogP contribution in [0.25, 0.3) is 16.6 Å². The highest BCUT2D eigenvalue weighted by Crippen LogP contribution is 2.18. The average Bonchev–Trinajstić information content (AvgIpc) is 2.63. The van der Waals surface area contributed by atoms with Crippen LogP contribution in [0.3, 0.4) is 0 Å². The van der Waals surface area contributed by atoms with E-state index in [-0.39, 0.29) is 17.4 Å². The number of aromatic nitrogens is 2. The van der Waals surface area contributed by atoms with Crippen molar-refractivity contribution in [3.05, 3.63) is 70.5 Å². The average molecular weight is 339 g/mol. The lowest BCUT2D eigenvalue weighted by atomic mass is 10.2. The van der Waals surface area contributed by atoms with Gasteiger partial charge < -0.3 is 5.32 Å². The Morgan fingerprint density at radius 1 is 1.16 bits per heavy atom. The van der Waals surface area contributed by atoms with Crippen LogP contribution in [0.4, 0.5) is 4.39 Å².